The lowest BCUT2D eigenvalue weighted by molar-refractivity contribution is 0.0536. The molecule has 3 saturated carbocycles. The van der Waals surface area contributed by atoms with Crippen LogP contribution in [0.5, 0.6) is 0 Å². The zero-order chi connectivity index (χ0) is 18.2. The summed E-state index contributed by atoms with van der Waals surface area (Å²) in [7, 11) is 0. The van der Waals surface area contributed by atoms with E-state index in [9.17, 15) is 0 Å². The normalized spacial score (nSPS) is 27.7. The van der Waals surface area contributed by atoms with Crippen LogP contribution in [0.4, 0.5) is 4.39 Å². The number of fused-ring (bicyclic) bond motifs is 3. The molecule has 0 spiro atoms. The van der Waals surface area contributed by atoms with Crippen LogP contribution in [0.3, 0.4) is 0 Å². The van der Waals surface area contributed by atoms with Gasteiger partial charge in [-0.15, -0.1) is 0 Å². The fraction of sp³-hybridized carbons (Fsp3) is 0.520. The van der Waals surface area contributed by atoms with Gasteiger partial charge in [-0.2, -0.15) is 0 Å². The van der Waals surface area contributed by atoms with Gasteiger partial charge in [0.05, 0.1) is 0 Å². The van der Waals surface area contributed by atoms with Gasteiger partial charge in [0, 0.05) is 5.56 Å². The molecule has 0 N–H and O–H groups in total. The van der Waals surface area contributed by atoms with Gasteiger partial charge in [0.15, 0.2) is 0 Å². The highest BCUT2D eigenvalue weighted by Crippen LogP contribution is 2.58. The molecule has 1 heteroatoms. The number of aryl methyl sites for hydroxylation is 1. The lowest BCUT2D eigenvalue weighted by atomic mass is 9.52. The Hall–Kier alpha value is -1.63. The van der Waals surface area contributed by atoms with E-state index in [1.165, 1.54) is 37.7 Å². The van der Waals surface area contributed by atoms with Crippen molar-refractivity contribution in [3.05, 3.63) is 59.4 Å². The van der Waals surface area contributed by atoms with Crippen molar-refractivity contribution >= 4 is 0 Å². The maximum Gasteiger partial charge on any atom is 0.134 e. The average Bonchev–Trinajstić information content (AvgIpc) is 2.68. The lowest BCUT2D eigenvalue weighted by Gasteiger charge is -2.52. The van der Waals surface area contributed by atoms with Gasteiger partial charge in [-0.25, -0.2) is 4.39 Å². The fourth-order valence-electron chi connectivity index (χ4n) is 5.17. The Morgan fingerprint density at radius 2 is 1.54 bits per heavy atom. The van der Waals surface area contributed by atoms with Gasteiger partial charge in [0.2, 0.25) is 0 Å². The van der Waals surface area contributed by atoms with Crippen LogP contribution in [0.1, 0.15) is 76.3 Å². The molecule has 5 rings (SSSR count). The molecule has 0 aliphatic heterocycles. The Morgan fingerprint density at radius 1 is 0.885 bits per heavy atom. The molecule has 0 amide bonds. The summed E-state index contributed by atoms with van der Waals surface area (Å²) in [5, 5.41) is 0. The highest BCUT2D eigenvalue weighted by Gasteiger charge is 2.48. The molecule has 0 aromatic heterocycles. The van der Waals surface area contributed by atoms with E-state index in [4.69, 9.17) is 0 Å². The predicted octanol–water partition coefficient (Wildman–Crippen LogP) is 7.45. The molecule has 3 aliphatic carbocycles. The van der Waals surface area contributed by atoms with Crippen molar-refractivity contribution in [3.8, 4) is 11.1 Å². The van der Waals surface area contributed by atoms with Gasteiger partial charge in [0.1, 0.15) is 5.82 Å². The molecule has 3 fully saturated rings. The summed E-state index contributed by atoms with van der Waals surface area (Å²) in [6.07, 6.45) is 10.7. The summed E-state index contributed by atoms with van der Waals surface area (Å²) in [6.45, 7) is 4.64. The van der Waals surface area contributed by atoms with Crippen molar-refractivity contribution in [2.75, 3.05) is 0 Å². The summed E-state index contributed by atoms with van der Waals surface area (Å²) in [4.78, 5) is 0. The number of unbranched alkanes of at least 4 members (excludes halogenated alkanes) is 1. The van der Waals surface area contributed by atoms with E-state index in [0.29, 0.717) is 5.41 Å². The van der Waals surface area contributed by atoms with Gasteiger partial charge >= 0.3 is 0 Å². The summed E-state index contributed by atoms with van der Waals surface area (Å²) < 4.78 is 15.6. The quantitative estimate of drug-likeness (QED) is 0.525. The SMILES string of the molecule is CCCCc1ccc(-c2cccc(C34CCC(C)(CC3)CC4)c2F)cc1. The molecule has 2 aromatic rings. The molecule has 26 heavy (non-hydrogen) atoms. The second-order valence-corrected chi connectivity index (χ2v) is 9.06. The highest BCUT2D eigenvalue weighted by molar-refractivity contribution is 5.66. The first-order valence-corrected chi connectivity index (χ1v) is 10.4. The third-order valence-electron chi connectivity index (χ3n) is 7.28. The Morgan fingerprint density at radius 3 is 2.15 bits per heavy atom. The first kappa shape index (κ1) is 17.8. The molecule has 0 nitrogen and oxygen atoms in total. The van der Waals surface area contributed by atoms with Crippen LogP contribution in [0.25, 0.3) is 11.1 Å². The van der Waals surface area contributed by atoms with E-state index in [1.807, 2.05) is 6.07 Å². The highest BCUT2D eigenvalue weighted by atomic mass is 19.1. The lowest BCUT2D eigenvalue weighted by Crippen LogP contribution is -2.43. The largest absolute Gasteiger partial charge is 0.206 e. The Labute approximate surface area is 157 Å². The molecule has 0 unspecified atom stereocenters. The number of benzene rings is 2. The molecular formula is C25H31F. The maximum atomic E-state index is 15.6. The Kier molecular flexibility index (Phi) is 4.67. The number of rotatable bonds is 5. The monoisotopic (exact) mass is 350 g/mol. The minimum absolute atomic E-state index is 0.0271. The van der Waals surface area contributed by atoms with Crippen molar-refractivity contribution in [2.45, 2.75) is 77.0 Å². The van der Waals surface area contributed by atoms with Gasteiger partial charge in [-0.05, 0) is 78.9 Å². The first-order chi connectivity index (χ1) is 12.6. The standard InChI is InChI=1S/C25H31F/c1-3-4-6-19-9-11-20(12-10-19)21-7-5-8-22(23(21)26)25-16-13-24(2,14-17-25)15-18-25/h5,7-12H,3-4,6,13-18H2,1-2H3. The van der Waals surface area contributed by atoms with Crippen molar-refractivity contribution < 1.29 is 4.39 Å². The van der Waals surface area contributed by atoms with E-state index in [0.717, 1.165) is 42.4 Å². The van der Waals surface area contributed by atoms with Crippen LogP contribution >= 0.6 is 0 Å². The fourth-order valence-corrected chi connectivity index (χ4v) is 5.17. The van der Waals surface area contributed by atoms with Crippen LogP contribution in [-0.4, -0.2) is 0 Å². The Balaban J connectivity index is 1.64. The topological polar surface area (TPSA) is 0 Å². The van der Waals surface area contributed by atoms with E-state index in [-0.39, 0.29) is 11.2 Å². The summed E-state index contributed by atoms with van der Waals surface area (Å²) in [5.74, 6) is 0.0271. The smallest absolute Gasteiger partial charge is 0.134 e. The van der Waals surface area contributed by atoms with Gasteiger partial charge in [-0.1, -0.05) is 62.7 Å². The third kappa shape index (κ3) is 3.10. The minimum Gasteiger partial charge on any atom is -0.206 e. The van der Waals surface area contributed by atoms with Gasteiger partial charge in [0.25, 0.3) is 0 Å². The molecular weight excluding hydrogens is 319 g/mol. The molecule has 2 aromatic carbocycles. The zero-order valence-electron chi connectivity index (χ0n) is 16.3. The van der Waals surface area contributed by atoms with E-state index < -0.39 is 0 Å². The molecule has 3 aliphatic rings. The van der Waals surface area contributed by atoms with Crippen LogP contribution in [0.2, 0.25) is 0 Å². The summed E-state index contributed by atoms with van der Waals surface area (Å²) in [5.41, 5.74) is 4.72. The predicted molar refractivity (Wildman–Crippen MR) is 108 cm³/mol. The van der Waals surface area contributed by atoms with Gasteiger partial charge in [-0.3, -0.25) is 0 Å². The van der Waals surface area contributed by atoms with E-state index in [2.05, 4.69) is 50.2 Å². The number of hydrogen-bond donors (Lipinski definition) is 0. The molecule has 0 radical (unpaired) electrons. The molecule has 138 valence electrons. The maximum absolute atomic E-state index is 15.6. The number of hydrogen-bond acceptors (Lipinski definition) is 0. The van der Waals surface area contributed by atoms with Crippen LogP contribution < -0.4 is 0 Å². The van der Waals surface area contributed by atoms with Crippen molar-refractivity contribution in [2.24, 2.45) is 5.41 Å². The summed E-state index contributed by atoms with van der Waals surface area (Å²) >= 11 is 0. The van der Waals surface area contributed by atoms with Crippen molar-refractivity contribution in [3.63, 3.8) is 0 Å². The Bertz CT molecular complexity index is 747. The number of halogens is 1. The molecule has 0 atom stereocenters. The van der Waals surface area contributed by atoms with Gasteiger partial charge < -0.3 is 0 Å². The molecule has 0 heterocycles. The van der Waals surface area contributed by atoms with Crippen LogP contribution in [0, 0.1) is 11.2 Å². The van der Waals surface area contributed by atoms with Crippen molar-refractivity contribution in [1.82, 2.24) is 0 Å². The van der Waals surface area contributed by atoms with Crippen LogP contribution in [-0.2, 0) is 11.8 Å². The summed E-state index contributed by atoms with van der Waals surface area (Å²) in [6, 6.07) is 14.6. The first-order valence-electron chi connectivity index (χ1n) is 10.4. The average molecular weight is 351 g/mol. The van der Waals surface area contributed by atoms with E-state index >= 15 is 4.39 Å². The van der Waals surface area contributed by atoms with Crippen molar-refractivity contribution in [1.29, 1.82) is 0 Å². The second kappa shape index (κ2) is 6.83. The molecule has 0 saturated heterocycles. The zero-order valence-corrected chi connectivity index (χ0v) is 16.3. The van der Waals surface area contributed by atoms with Crippen LogP contribution in [0.15, 0.2) is 42.5 Å². The van der Waals surface area contributed by atoms with E-state index in [1.54, 1.807) is 0 Å². The molecule has 2 bridgehead atoms. The minimum atomic E-state index is 0.0271. The second-order valence-electron chi connectivity index (χ2n) is 9.06. The third-order valence-corrected chi connectivity index (χ3v) is 7.28.